The van der Waals surface area contributed by atoms with Crippen LogP contribution in [-0.2, 0) is 0 Å². The lowest BCUT2D eigenvalue weighted by Gasteiger charge is -2.32. The molecule has 1 heterocycles. The average Bonchev–Trinajstić information content (AvgIpc) is 2.50. The van der Waals surface area contributed by atoms with Crippen LogP contribution in [0.3, 0.4) is 0 Å². The Hall–Kier alpha value is -1.26. The summed E-state index contributed by atoms with van der Waals surface area (Å²) in [6.45, 7) is 7.47. The van der Waals surface area contributed by atoms with Crippen molar-refractivity contribution in [3.8, 4) is 11.5 Å². The van der Waals surface area contributed by atoms with Crippen molar-refractivity contribution in [1.82, 2.24) is 4.90 Å². The molecule has 2 N–H and O–H groups in total. The Balaban J connectivity index is 1.76. The predicted octanol–water partition coefficient (Wildman–Crippen LogP) is 2.52. The molecule has 2 rings (SSSR count). The van der Waals surface area contributed by atoms with Gasteiger partial charge in [-0.3, -0.25) is 4.90 Å². The molecule has 118 valence electrons. The molecule has 0 amide bonds. The summed E-state index contributed by atoms with van der Waals surface area (Å²) < 4.78 is 11.5. The molecule has 1 atom stereocenters. The van der Waals surface area contributed by atoms with Crippen molar-refractivity contribution in [1.29, 1.82) is 0 Å². The fraction of sp³-hybridized carbons (Fsp3) is 0.647. The third-order valence-electron chi connectivity index (χ3n) is 3.99. The summed E-state index contributed by atoms with van der Waals surface area (Å²) in [5, 5.41) is 0. The maximum absolute atomic E-state index is 5.90. The fourth-order valence-electron chi connectivity index (χ4n) is 2.95. The van der Waals surface area contributed by atoms with Gasteiger partial charge in [-0.05, 0) is 57.3 Å². The van der Waals surface area contributed by atoms with Crippen LogP contribution in [0, 0.1) is 5.92 Å². The molecule has 21 heavy (non-hydrogen) atoms. The Morgan fingerprint density at radius 2 is 2.00 bits per heavy atom. The second-order valence-electron chi connectivity index (χ2n) is 5.61. The summed E-state index contributed by atoms with van der Waals surface area (Å²) in [5.41, 5.74) is 5.67. The van der Waals surface area contributed by atoms with Crippen molar-refractivity contribution in [3.05, 3.63) is 24.3 Å². The molecule has 4 heteroatoms. The van der Waals surface area contributed by atoms with E-state index in [-0.39, 0.29) is 0 Å². The third kappa shape index (κ3) is 5.21. The molecule has 1 fully saturated rings. The van der Waals surface area contributed by atoms with E-state index in [0.717, 1.165) is 43.5 Å². The van der Waals surface area contributed by atoms with Gasteiger partial charge in [0.2, 0.25) is 0 Å². The molecule has 0 aromatic heterocycles. The lowest BCUT2D eigenvalue weighted by Crippen LogP contribution is -2.38. The van der Waals surface area contributed by atoms with Crippen LogP contribution in [0.1, 0.15) is 26.2 Å². The maximum atomic E-state index is 5.90. The summed E-state index contributed by atoms with van der Waals surface area (Å²) in [7, 11) is 0. The van der Waals surface area contributed by atoms with Gasteiger partial charge < -0.3 is 15.2 Å². The van der Waals surface area contributed by atoms with Gasteiger partial charge in [0.15, 0.2) is 11.5 Å². The zero-order chi connectivity index (χ0) is 14.9. The van der Waals surface area contributed by atoms with Crippen molar-refractivity contribution < 1.29 is 9.47 Å². The van der Waals surface area contributed by atoms with Crippen molar-refractivity contribution in [2.75, 3.05) is 39.4 Å². The van der Waals surface area contributed by atoms with Crippen molar-refractivity contribution in [3.63, 3.8) is 0 Å². The van der Waals surface area contributed by atoms with Gasteiger partial charge in [0.25, 0.3) is 0 Å². The lowest BCUT2D eigenvalue weighted by atomic mass is 9.95. The van der Waals surface area contributed by atoms with Crippen molar-refractivity contribution >= 4 is 0 Å². The fourth-order valence-corrected chi connectivity index (χ4v) is 2.95. The standard InChI is InChI=1S/C17H28N2O2/c1-2-20-16-7-3-4-8-17(16)21-13-12-19-11-5-6-15(14-19)9-10-18/h3-4,7-8,15H,2,5-6,9-14,18H2,1H3. The van der Waals surface area contributed by atoms with Gasteiger partial charge in [-0.25, -0.2) is 0 Å². The van der Waals surface area contributed by atoms with Crippen LogP contribution in [0.25, 0.3) is 0 Å². The zero-order valence-electron chi connectivity index (χ0n) is 13.1. The molecule has 1 unspecified atom stereocenters. The molecule has 1 aliphatic rings. The number of hydrogen-bond donors (Lipinski definition) is 1. The third-order valence-corrected chi connectivity index (χ3v) is 3.99. The summed E-state index contributed by atoms with van der Waals surface area (Å²) in [5.74, 6) is 2.44. The van der Waals surface area contributed by atoms with Gasteiger partial charge in [-0.2, -0.15) is 0 Å². The number of para-hydroxylation sites is 2. The van der Waals surface area contributed by atoms with E-state index in [4.69, 9.17) is 15.2 Å². The molecular weight excluding hydrogens is 264 g/mol. The SMILES string of the molecule is CCOc1ccccc1OCCN1CCCC(CCN)C1. The Morgan fingerprint density at radius 3 is 2.71 bits per heavy atom. The van der Waals surface area contributed by atoms with Gasteiger partial charge >= 0.3 is 0 Å². The summed E-state index contributed by atoms with van der Waals surface area (Å²) >= 11 is 0. The highest BCUT2D eigenvalue weighted by molar-refractivity contribution is 5.39. The lowest BCUT2D eigenvalue weighted by molar-refractivity contribution is 0.142. The van der Waals surface area contributed by atoms with Gasteiger partial charge in [0.1, 0.15) is 6.61 Å². The summed E-state index contributed by atoms with van der Waals surface area (Å²) in [6, 6.07) is 7.88. The molecule has 0 aliphatic carbocycles. The highest BCUT2D eigenvalue weighted by Crippen LogP contribution is 2.26. The van der Waals surface area contributed by atoms with Crippen molar-refractivity contribution in [2.45, 2.75) is 26.2 Å². The van der Waals surface area contributed by atoms with Gasteiger partial charge in [-0.15, -0.1) is 0 Å². The van der Waals surface area contributed by atoms with Crippen LogP contribution in [0.5, 0.6) is 11.5 Å². The molecule has 1 aromatic carbocycles. The normalized spacial score (nSPS) is 19.4. The molecule has 1 saturated heterocycles. The van der Waals surface area contributed by atoms with E-state index >= 15 is 0 Å². The van der Waals surface area contributed by atoms with Crippen LogP contribution < -0.4 is 15.2 Å². The van der Waals surface area contributed by atoms with E-state index in [2.05, 4.69) is 4.90 Å². The molecular formula is C17H28N2O2. The molecule has 4 nitrogen and oxygen atoms in total. The average molecular weight is 292 g/mol. The highest BCUT2D eigenvalue weighted by Gasteiger charge is 2.19. The minimum atomic E-state index is 0.660. The van der Waals surface area contributed by atoms with Gasteiger partial charge in [0.05, 0.1) is 6.61 Å². The van der Waals surface area contributed by atoms with E-state index in [1.54, 1.807) is 0 Å². The zero-order valence-corrected chi connectivity index (χ0v) is 13.1. The molecule has 0 spiro atoms. The minimum absolute atomic E-state index is 0.660. The number of ether oxygens (including phenoxy) is 2. The topological polar surface area (TPSA) is 47.7 Å². The van der Waals surface area contributed by atoms with Gasteiger partial charge in [0, 0.05) is 13.1 Å². The smallest absolute Gasteiger partial charge is 0.161 e. The number of hydrogen-bond acceptors (Lipinski definition) is 4. The first-order chi connectivity index (χ1) is 10.3. The number of likely N-dealkylation sites (tertiary alicyclic amines) is 1. The predicted molar refractivity (Wildman–Crippen MR) is 85.9 cm³/mol. The Labute approximate surface area is 128 Å². The molecule has 0 bridgehead atoms. The van der Waals surface area contributed by atoms with E-state index < -0.39 is 0 Å². The first-order valence-corrected chi connectivity index (χ1v) is 8.10. The number of nitrogens with two attached hydrogens (primary N) is 1. The molecule has 0 saturated carbocycles. The Kier molecular flexibility index (Phi) is 6.83. The highest BCUT2D eigenvalue weighted by atomic mass is 16.5. The Bertz CT molecular complexity index is 410. The van der Waals surface area contributed by atoms with Gasteiger partial charge in [-0.1, -0.05) is 12.1 Å². The van der Waals surface area contributed by atoms with Crippen LogP contribution in [0.15, 0.2) is 24.3 Å². The molecule has 1 aromatic rings. The quantitative estimate of drug-likeness (QED) is 0.800. The Morgan fingerprint density at radius 1 is 1.24 bits per heavy atom. The van der Waals surface area contributed by atoms with Crippen LogP contribution in [0.2, 0.25) is 0 Å². The van der Waals surface area contributed by atoms with E-state index in [1.807, 2.05) is 31.2 Å². The van der Waals surface area contributed by atoms with Crippen LogP contribution in [0.4, 0.5) is 0 Å². The summed E-state index contributed by atoms with van der Waals surface area (Å²) in [4.78, 5) is 2.49. The van der Waals surface area contributed by atoms with Crippen molar-refractivity contribution in [2.24, 2.45) is 11.7 Å². The molecule has 1 aliphatic heterocycles. The minimum Gasteiger partial charge on any atom is -0.490 e. The second kappa shape index (κ2) is 8.90. The first-order valence-electron chi connectivity index (χ1n) is 8.10. The van der Waals surface area contributed by atoms with E-state index in [1.165, 1.54) is 19.4 Å². The largest absolute Gasteiger partial charge is 0.490 e. The molecule has 0 radical (unpaired) electrons. The first kappa shape index (κ1) is 16.1. The van der Waals surface area contributed by atoms with E-state index in [9.17, 15) is 0 Å². The van der Waals surface area contributed by atoms with Crippen LogP contribution in [-0.4, -0.2) is 44.3 Å². The number of piperidine rings is 1. The number of nitrogens with zero attached hydrogens (tertiary/aromatic N) is 1. The van der Waals surface area contributed by atoms with Crippen LogP contribution >= 0.6 is 0 Å². The number of rotatable bonds is 8. The summed E-state index contributed by atoms with van der Waals surface area (Å²) in [6.07, 6.45) is 3.74. The van der Waals surface area contributed by atoms with E-state index in [0.29, 0.717) is 13.2 Å². The monoisotopic (exact) mass is 292 g/mol. The second-order valence-corrected chi connectivity index (χ2v) is 5.61. The number of benzene rings is 1. The maximum Gasteiger partial charge on any atom is 0.161 e.